The quantitative estimate of drug-likeness (QED) is 0.696. The standard InChI is InChI=1S/C21H29N3O4/c25-19(8-7-15-9-11-22-12-10-15)24-13-3-4-16(14-24)20(26)23-18-6-2-1-5-17(18)21(27)28/h1-2,5-6,15-16,22H,3-4,7-14H2,(H,23,26)(H,27,28). The zero-order valence-corrected chi connectivity index (χ0v) is 16.2. The number of aromatic carboxylic acids is 1. The van der Waals surface area contributed by atoms with E-state index in [1.165, 1.54) is 6.07 Å². The van der Waals surface area contributed by atoms with Crippen molar-refractivity contribution >= 4 is 23.5 Å². The Hall–Kier alpha value is -2.41. The molecule has 0 saturated carbocycles. The molecule has 2 fully saturated rings. The van der Waals surface area contributed by atoms with Gasteiger partial charge in [0.15, 0.2) is 0 Å². The van der Waals surface area contributed by atoms with E-state index in [4.69, 9.17) is 0 Å². The second-order valence-electron chi connectivity index (χ2n) is 7.75. The van der Waals surface area contributed by atoms with Gasteiger partial charge in [-0.25, -0.2) is 4.79 Å². The number of benzene rings is 1. The highest BCUT2D eigenvalue weighted by Crippen LogP contribution is 2.23. The van der Waals surface area contributed by atoms with E-state index in [1.54, 1.807) is 23.1 Å². The van der Waals surface area contributed by atoms with Crippen LogP contribution in [0.5, 0.6) is 0 Å². The molecule has 2 amide bonds. The van der Waals surface area contributed by atoms with Crippen molar-refractivity contribution in [3.63, 3.8) is 0 Å². The molecule has 0 aliphatic carbocycles. The molecule has 1 aromatic carbocycles. The van der Waals surface area contributed by atoms with E-state index in [2.05, 4.69) is 10.6 Å². The molecule has 1 aromatic rings. The smallest absolute Gasteiger partial charge is 0.337 e. The van der Waals surface area contributed by atoms with Gasteiger partial charge in [0.05, 0.1) is 17.2 Å². The summed E-state index contributed by atoms with van der Waals surface area (Å²) in [4.78, 5) is 38.4. The Bertz CT molecular complexity index is 715. The van der Waals surface area contributed by atoms with Crippen molar-refractivity contribution in [1.29, 1.82) is 0 Å². The molecule has 0 radical (unpaired) electrons. The number of likely N-dealkylation sites (tertiary alicyclic amines) is 1. The summed E-state index contributed by atoms with van der Waals surface area (Å²) < 4.78 is 0. The lowest BCUT2D eigenvalue weighted by atomic mass is 9.92. The summed E-state index contributed by atoms with van der Waals surface area (Å²) >= 11 is 0. The first-order valence-corrected chi connectivity index (χ1v) is 10.2. The fourth-order valence-corrected chi connectivity index (χ4v) is 4.09. The van der Waals surface area contributed by atoms with Crippen LogP contribution in [0.2, 0.25) is 0 Å². The number of nitrogens with one attached hydrogen (secondary N) is 2. The zero-order valence-electron chi connectivity index (χ0n) is 16.2. The third kappa shape index (κ3) is 5.32. The second kappa shape index (κ2) is 9.68. The van der Waals surface area contributed by atoms with Crippen molar-refractivity contribution < 1.29 is 19.5 Å². The van der Waals surface area contributed by atoms with Crippen molar-refractivity contribution in [2.24, 2.45) is 11.8 Å². The Morgan fingerprint density at radius 1 is 1.14 bits per heavy atom. The first kappa shape index (κ1) is 20.3. The average Bonchev–Trinajstić information content (AvgIpc) is 2.73. The summed E-state index contributed by atoms with van der Waals surface area (Å²) in [6.07, 6.45) is 5.21. The Morgan fingerprint density at radius 3 is 2.64 bits per heavy atom. The number of para-hydroxylation sites is 1. The minimum absolute atomic E-state index is 0.0709. The Kier molecular flexibility index (Phi) is 7.03. The number of amides is 2. The van der Waals surface area contributed by atoms with Crippen molar-refractivity contribution in [3.05, 3.63) is 29.8 Å². The van der Waals surface area contributed by atoms with E-state index in [0.29, 0.717) is 37.5 Å². The average molecular weight is 387 g/mol. The molecule has 152 valence electrons. The van der Waals surface area contributed by atoms with Crippen LogP contribution in [-0.2, 0) is 9.59 Å². The van der Waals surface area contributed by atoms with Crippen LogP contribution in [0.4, 0.5) is 5.69 Å². The van der Waals surface area contributed by atoms with Crippen LogP contribution in [0, 0.1) is 11.8 Å². The number of piperidine rings is 2. The first-order chi connectivity index (χ1) is 13.5. The molecular formula is C21H29N3O4. The van der Waals surface area contributed by atoms with Gasteiger partial charge in [-0.05, 0) is 63.2 Å². The van der Waals surface area contributed by atoms with E-state index < -0.39 is 5.97 Å². The molecule has 7 heteroatoms. The van der Waals surface area contributed by atoms with E-state index in [0.717, 1.165) is 38.8 Å². The number of carboxylic acids is 1. The Morgan fingerprint density at radius 2 is 1.89 bits per heavy atom. The minimum Gasteiger partial charge on any atom is -0.478 e. The van der Waals surface area contributed by atoms with Gasteiger partial charge in [0.25, 0.3) is 0 Å². The summed E-state index contributed by atoms with van der Waals surface area (Å²) in [7, 11) is 0. The molecule has 28 heavy (non-hydrogen) atoms. The molecule has 0 bridgehead atoms. The largest absolute Gasteiger partial charge is 0.478 e. The van der Waals surface area contributed by atoms with Crippen LogP contribution in [0.15, 0.2) is 24.3 Å². The van der Waals surface area contributed by atoms with Gasteiger partial charge in [-0.3, -0.25) is 9.59 Å². The summed E-state index contributed by atoms with van der Waals surface area (Å²) in [6, 6.07) is 6.38. The molecule has 2 aliphatic rings. The SMILES string of the molecule is O=C(O)c1ccccc1NC(=O)C1CCCN(C(=O)CCC2CCNCC2)C1. The van der Waals surface area contributed by atoms with E-state index in [1.807, 2.05) is 0 Å². The summed E-state index contributed by atoms with van der Waals surface area (Å²) in [6.45, 7) is 3.16. The molecule has 1 unspecified atom stereocenters. The van der Waals surface area contributed by atoms with Crippen molar-refractivity contribution in [1.82, 2.24) is 10.2 Å². The number of carbonyl (C=O) groups is 3. The second-order valence-corrected chi connectivity index (χ2v) is 7.75. The third-order valence-electron chi connectivity index (χ3n) is 5.79. The van der Waals surface area contributed by atoms with Crippen LogP contribution in [0.1, 0.15) is 48.9 Å². The van der Waals surface area contributed by atoms with Crippen LogP contribution in [-0.4, -0.2) is 54.0 Å². The Labute approximate surface area is 165 Å². The highest BCUT2D eigenvalue weighted by molar-refractivity contribution is 6.01. The van der Waals surface area contributed by atoms with Crippen LogP contribution in [0.3, 0.4) is 0 Å². The van der Waals surface area contributed by atoms with Crippen LogP contribution >= 0.6 is 0 Å². The Balaban J connectivity index is 1.53. The lowest BCUT2D eigenvalue weighted by molar-refractivity contribution is -0.134. The fraction of sp³-hybridized carbons (Fsp3) is 0.571. The predicted molar refractivity (Wildman–Crippen MR) is 106 cm³/mol. The van der Waals surface area contributed by atoms with Crippen molar-refractivity contribution in [3.8, 4) is 0 Å². The summed E-state index contributed by atoms with van der Waals surface area (Å²) in [5.41, 5.74) is 0.371. The zero-order chi connectivity index (χ0) is 19.9. The number of rotatable bonds is 6. The highest BCUT2D eigenvalue weighted by atomic mass is 16.4. The maximum absolute atomic E-state index is 12.7. The number of hydrogen-bond acceptors (Lipinski definition) is 4. The first-order valence-electron chi connectivity index (χ1n) is 10.2. The molecule has 3 rings (SSSR count). The molecule has 0 aromatic heterocycles. The van der Waals surface area contributed by atoms with Crippen molar-refractivity contribution in [2.75, 3.05) is 31.5 Å². The minimum atomic E-state index is -1.07. The monoisotopic (exact) mass is 387 g/mol. The molecule has 2 heterocycles. The molecule has 2 aliphatic heterocycles. The van der Waals surface area contributed by atoms with Crippen LogP contribution < -0.4 is 10.6 Å². The lowest BCUT2D eigenvalue weighted by Gasteiger charge is -2.33. The molecule has 3 N–H and O–H groups in total. The topological polar surface area (TPSA) is 98.7 Å². The van der Waals surface area contributed by atoms with Gasteiger partial charge in [-0.2, -0.15) is 0 Å². The third-order valence-corrected chi connectivity index (χ3v) is 5.79. The fourth-order valence-electron chi connectivity index (χ4n) is 4.09. The normalized spacial score (nSPS) is 20.6. The van der Waals surface area contributed by atoms with Gasteiger partial charge in [0.1, 0.15) is 0 Å². The molecular weight excluding hydrogens is 358 g/mol. The molecule has 2 saturated heterocycles. The lowest BCUT2D eigenvalue weighted by Crippen LogP contribution is -2.44. The van der Waals surface area contributed by atoms with Gasteiger partial charge in [-0.1, -0.05) is 12.1 Å². The van der Waals surface area contributed by atoms with Gasteiger partial charge < -0.3 is 20.6 Å². The molecule has 1 atom stereocenters. The van der Waals surface area contributed by atoms with Gasteiger partial charge >= 0.3 is 5.97 Å². The number of carbonyl (C=O) groups excluding carboxylic acids is 2. The molecule has 7 nitrogen and oxygen atoms in total. The number of carboxylic acid groups (broad SMARTS) is 1. The van der Waals surface area contributed by atoms with Crippen molar-refractivity contribution in [2.45, 2.75) is 38.5 Å². The van der Waals surface area contributed by atoms with Crippen LogP contribution in [0.25, 0.3) is 0 Å². The predicted octanol–water partition coefficient (Wildman–Crippen LogP) is 2.34. The number of nitrogens with zero attached hydrogens (tertiary/aromatic N) is 1. The number of anilines is 1. The molecule has 0 spiro atoms. The maximum Gasteiger partial charge on any atom is 0.337 e. The van der Waals surface area contributed by atoms with Gasteiger partial charge in [-0.15, -0.1) is 0 Å². The van der Waals surface area contributed by atoms with E-state index in [-0.39, 0.29) is 23.3 Å². The van der Waals surface area contributed by atoms with Gasteiger partial charge in [0, 0.05) is 19.5 Å². The summed E-state index contributed by atoms with van der Waals surface area (Å²) in [5, 5.41) is 15.3. The number of hydrogen-bond donors (Lipinski definition) is 3. The van der Waals surface area contributed by atoms with E-state index in [9.17, 15) is 19.5 Å². The summed E-state index contributed by atoms with van der Waals surface area (Å²) in [5.74, 6) is -0.860. The maximum atomic E-state index is 12.7. The van der Waals surface area contributed by atoms with E-state index >= 15 is 0 Å². The van der Waals surface area contributed by atoms with Gasteiger partial charge in [0.2, 0.25) is 11.8 Å². The highest BCUT2D eigenvalue weighted by Gasteiger charge is 2.29.